The van der Waals surface area contributed by atoms with Crippen molar-refractivity contribution in [2.24, 2.45) is 0 Å². The van der Waals surface area contributed by atoms with Crippen molar-refractivity contribution in [1.29, 1.82) is 0 Å². The fourth-order valence-electron chi connectivity index (χ4n) is 1.29. The van der Waals surface area contributed by atoms with Crippen LogP contribution in [0.1, 0.15) is 0 Å². The number of fused-ring (bicyclic) bond motifs is 3. The van der Waals surface area contributed by atoms with Gasteiger partial charge in [0.15, 0.2) is 5.58 Å². The number of pyridine rings is 1. The number of aromatic nitrogens is 3. The van der Waals surface area contributed by atoms with Gasteiger partial charge >= 0.3 is 0 Å². The summed E-state index contributed by atoms with van der Waals surface area (Å²) >= 11 is 0. The first-order chi connectivity index (χ1) is 5.95. The zero-order valence-corrected chi connectivity index (χ0v) is 6.03. The van der Waals surface area contributed by atoms with Crippen molar-refractivity contribution in [2.45, 2.75) is 0 Å². The molecule has 3 aromatic heterocycles. The van der Waals surface area contributed by atoms with Gasteiger partial charge in [-0.2, -0.15) is 0 Å². The Balaban J connectivity index is 2.71. The number of rotatable bonds is 0. The van der Waals surface area contributed by atoms with Crippen LogP contribution in [0.4, 0.5) is 0 Å². The summed E-state index contributed by atoms with van der Waals surface area (Å²) < 4.78 is 4.91. The lowest BCUT2D eigenvalue weighted by atomic mass is 10.2. The maximum atomic E-state index is 4.91. The van der Waals surface area contributed by atoms with Gasteiger partial charge in [0.25, 0.3) is 0 Å². The van der Waals surface area contributed by atoms with Crippen LogP contribution in [0.25, 0.3) is 22.0 Å². The smallest absolute Gasteiger partial charge is 0.186 e. The molecule has 0 aliphatic rings. The van der Waals surface area contributed by atoms with Crippen molar-refractivity contribution >= 4 is 22.0 Å². The molecule has 0 saturated carbocycles. The minimum atomic E-state index is 0.669. The molecule has 0 aromatic carbocycles. The molecule has 3 rings (SSSR count). The lowest BCUT2D eigenvalue weighted by Crippen LogP contribution is -1.74. The van der Waals surface area contributed by atoms with Crippen LogP contribution in [0.3, 0.4) is 0 Å². The highest BCUT2D eigenvalue weighted by atomic mass is 16.5. The van der Waals surface area contributed by atoms with E-state index in [9.17, 15) is 0 Å². The molecule has 0 aliphatic heterocycles. The predicted molar refractivity (Wildman–Crippen MR) is 42.5 cm³/mol. The average Bonchev–Trinajstić information content (AvgIpc) is 2.71. The third-order valence-corrected chi connectivity index (χ3v) is 1.85. The molecular weight excluding hydrogens is 154 g/mol. The van der Waals surface area contributed by atoms with Gasteiger partial charge in [0, 0.05) is 11.6 Å². The van der Waals surface area contributed by atoms with E-state index in [1.807, 2.05) is 12.3 Å². The molecule has 12 heavy (non-hydrogen) atoms. The number of H-pyrrole nitrogens is 1. The lowest BCUT2D eigenvalue weighted by Gasteiger charge is -1.87. The largest absolute Gasteiger partial charge is 0.354 e. The van der Waals surface area contributed by atoms with E-state index in [0.717, 1.165) is 16.4 Å². The fraction of sp³-hybridized carbons (Fsp3) is 0. The van der Waals surface area contributed by atoms with Gasteiger partial charge in [-0.1, -0.05) is 5.16 Å². The van der Waals surface area contributed by atoms with Gasteiger partial charge in [-0.3, -0.25) is 0 Å². The highest BCUT2D eigenvalue weighted by Crippen LogP contribution is 2.20. The van der Waals surface area contributed by atoms with E-state index in [1.54, 1.807) is 6.20 Å². The average molecular weight is 158 g/mol. The summed E-state index contributed by atoms with van der Waals surface area (Å²) in [7, 11) is 0. The minimum absolute atomic E-state index is 0.669. The Bertz CT molecular complexity index is 487. The maximum Gasteiger partial charge on any atom is 0.186 e. The van der Waals surface area contributed by atoms with E-state index in [1.165, 1.54) is 0 Å². The zero-order valence-electron chi connectivity index (χ0n) is 6.03. The van der Waals surface area contributed by atoms with Gasteiger partial charge in [0.1, 0.15) is 11.8 Å². The van der Waals surface area contributed by atoms with Crippen LogP contribution in [0.2, 0.25) is 0 Å². The second-order valence-corrected chi connectivity index (χ2v) is 2.53. The van der Waals surface area contributed by atoms with Crippen LogP contribution in [0.15, 0.2) is 23.0 Å². The molecule has 0 bridgehead atoms. The molecule has 1 N–H and O–H groups in total. The van der Waals surface area contributed by atoms with Crippen molar-refractivity contribution in [3.63, 3.8) is 0 Å². The van der Waals surface area contributed by atoms with Crippen LogP contribution in [0, 0.1) is 6.20 Å². The number of nitrogens with zero attached hydrogens (tertiary/aromatic N) is 2. The topological polar surface area (TPSA) is 54.7 Å². The van der Waals surface area contributed by atoms with Crippen molar-refractivity contribution in [3.05, 3.63) is 24.7 Å². The SMILES string of the molecule is [c]1noc2cnc3[nH]ccc3c12. The Morgan fingerprint density at radius 3 is 3.50 bits per heavy atom. The predicted octanol–water partition coefficient (Wildman–Crippen LogP) is 1.50. The minimum Gasteiger partial charge on any atom is -0.354 e. The van der Waals surface area contributed by atoms with Gasteiger partial charge in [-0.05, 0) is 6.07 Å². The molecule has 4 heteroatoms. The van der Waals surface area contributed by atoms with Gasteiger partial charge in [0.2, 0.25) is 0 Å². The summed E-state index contributed by atoms with van der Waals surface area (Å²) in [6.07, 6.45) is 6.24. The number of aromatic amines is 1. The Labute approximate surface area is 67.2 Å². The van der Waals surface area contributed by atoms with Crippen LogP contribution in [-0.2, 0) is 0 Å². The monoisotopic (exact) mass is 158 g/mol. The van der Waals surface area contributed by atoms with Crippen molar-refractivity contribution < 1.29 is 4.52 Å². The van der Waals surface area contributed by atoms with Crippen LogP contribution < -0.4 is 0 Å². The van der Waals surface area contributed by atoms with E-state index in [-0.39, 0.29) is 0 Å². The molecule has 3 heterocycles. The lowest BCUT2D eigenvalue weighted by molar-refractivity contribution is 0.454. The Hall–Kier alpha value is -1.84. The van der Waals surface area contributed by atoms with Gasteiger partial charge in [-0.25, -0.2) is 4.98 Å². The van der Waals surface area contributed by atoms with E-state index in [0.29, 0.717) is 5.58 Å². The van der Waals surface area contributed by atoms with Crippen LogP contribution in [0.5, 0.6) is 0 Å². The highest BCUT2D eigenvalue weighted by molar-refractivity contribution is 6.01. The van der Waals surface area contributed by atoms with Crippen LogP contribution in [-0.4, -0.2) is 15.1 Å². The van der Waals surface area contributed by atoms with E-state index >= 15 is 0 Å². The van der Waals surface area contributed by atoms with Crippen LogP contribution >= 0.6 is 0 Å². The first-order valence-electron chi connectivity index (χ1n) is 3.54. The van der Waals surface area contributed by atoms with E-state index in [2.05, 4.69) is 21.3 Å². The fourth-order valence-corrected chi connectivity index (χ4v) is 1.29. The van der Waals surface area contributed by atoms with Crippen molar-refractivity contribution in [2.75, 3.05) is 0 Å². The molecular formula is C8H4N3O. The molecule has 0 unspecified atom stereocenters. The van der Waals surface area contributed by atoms with Crippen molar-refractivity contribution in [1.82, 2.24) is 15.1 Å². The summed E-state index contributed by atoms with van der Waals surface area (Å²) in [5, 5.41) is 5.45. The van der Waals surface area contributed by atoms with Gasteiger partial charge in [0.05, 0.1) is 11.6 Å². The normalized spacial score (nSPS) is 11.3. The van der Waals surface area contributed by atoms with E-state index < -0.39 is 0 Å². The summed E-state index contributed by atoms with van der Waals surface area (Å²) in [4.78, 5) is 7.13. The maximum absolute atomic E-state index is 4.91. The summed E-state index contributed by atoms with van der Waals surface area (Å²) in [5.74, 6) is 0. The second kappa shape index (κ2) is 1.85. The molecule has 0 fully saturated rings. The third-order valence-electron chi connectivity index (χ3n) is 1.85. The number of hydrogen-bond acceptors (Lipinski definition) is 3. The Morgan fingerprint density at radius 2 is 2.50 bits per heavy atom. The molecule has 0 aliphatic carbocycles. The summed E-state index contributed by atoms with van der Waals surface area (Å²) in [5.41, 5.74) is 1.50. The molecule has 0 spiro atoms. The molecule has 0 saturated heterocycles. The number of hydrogen-bond donors (Lipinski definition) is 1. The molecule has 57 valence electrons. The molecule has 4 nitrogen and oxygen atoms in total. The first kappa shape index (κ1) is 5.77. The van der Waals surface area contributed by atoms with Crippen molar-refractivity contribution in [3.8, 4) is 0 Å². The summed E-state index contributed by atoms with van der Waals surface area (Å²) in [6.45, 7) is 0. The highest BCUT2D eigenvalue weighted by Gasteiger charge is 2.05. The zero-order chi connectivity index (χ0) is 7.97. The van der Waals surface area contributed by atoms with Gasteiger partial charge < -0.3 is 9.51 Å². The Morgan fingerprint density at radius 1 is 1.50 bits per heavy atom. The third kappa shape index (κ3) is 0.567. The summed E-state index contributed by atoms with van der Waals surface area (Å²) in [6, 6.07) is 1.93. The molecule has 3 aromatic rings. The molecule has 1 radical (unpaired) electrons. The van der Waals surface area contributed by atoms with E-state index in [4.69, 9.17) is 4.52 Å². The quantitative estimate of drug-likeness (QED) is 0.539. The van der Waals surface area contributed by atoms with Gasteiger partial charge in [-0.15, -0.1) is 0 Å². The second-order valence-electron chi connectivity index (χ2n) is 2.53. The number of nitrogens with one attached hydrogen (secondary N) is 1. The Kier molecular flexibility index (Phi) is 0.889. The standard InChI is InChI=1S/C8H4N3O/c1-2-9-8-5(1)6-3-11-12-7(6)4-10-8/h1-2,4H,(H,9,10). The molecule has 0 atom stereocenters. The molecule has 0 amide bonds. The first-order valence-corrected chi connectivity index (χ1v) is 3.54.